The molecule has 0 bridgehead atoms. The monoisotopic (exact) mass is 279 g/mol. The average Bonchev–Trinajstić information content (AvgIpc) is 1.88. The summed E-state index contributed by atoms with van der Waals surface area (Å²) in [5.41, 5.74) is 0. The molecule has 0 aliphatic rings. The van der Waals surface area contributed by atoms with Crippen LogP contribution in [0.2, 0.25) is 19.6 Å². The van der Waals surface area contributed by atoms with Crippen LogP contribution in [0.4, 0.5) is 0 Å². The number of pyridine rings is 1. The lowest BCUT2D eigenvalue weighted by Gasteiger charge is -2.07. The van der Waals surface area contributed by atoms with Crippen molar-refractivity contribution in [2.75, 3.05) is 0 Å². The first-order valence-corrected chi connectivity index (χ1v) is 7.02. The minimum Gasteiger partial charge on any atom is -1.00 e. The molecule has 0 atom stereocenters. The molecule has 0 saturated carbocycles. The molecule has 62 valence electrons. The minimum atomic E-state index is -1.12. The van der Waals surface area contributed by atoms with E-state index in [4.69, 9.17) is 0 Å². The zero-order chi connectivity index (χ0) is 7.61. The van der Waals surface area contributed by atoms with Gasteiger partial charge in [-0.15, -0.1) is 0 Å². The molecule has 1 aromatic rings. The molecule has 0 radical (unpaired) electrons. The van der Waals surface area contributed by atoms with Gasteiger partial charge in [-0.1, -0.05) is 6.07 Å². The first-order valence-electron chi connectivity index (χ1n) is 3.57. The van der Waals surface area contributed by atoms with Gasteiger partial charge >= 0.3 is 8.24 Å². The molecule has 1 heterocycles. The zero-order valence-corrected chi connectivity index (χ0v) is 10.4. The Balaban J connectivity index is 0.000001000. The Morgan fingerprint density at radius 2 is 1.36 bits per heavy atom. The van der Waals surface area contributed by atoms with Crippen LogP contribution in [0.3, 0.4) is 0 Å². The third-order valence-electron chi connectivity index (χ3n) is 1.49. The highest BCUT2D eigenvalue weighted by Gasteiger charge is 2.26. The molecule has 0 N–H and O–H groups in total. The van der Waals surface area contributed by atoms with Gasteiger partial charge in [-0.2, -0.15) is 0 Å². The van der Waals surface area contributed by atoms with Crippen molar-refractivity contribution in [3.63, 3.8) is 0 Å². The second kappa shape index (κ2) is 4.20. The van der Waals surface area contributed by atoms with Gasteiger partial charge in [0.25, 0.3) is 0 Å². The molecule has 3 heteroatoms. The normalized spacial score (nSPS) is 10.5. The highest BCUT2D eigenvalue weighted by molar-refractivity contribution is 6.67. The summed E-state index contributed by atoms with van der Waals surface area (Å²) in [4.78, 5) is 0. The molecule has 0 fully saturated rings. The Morgan fingerprint density at radius 3 is 1.64 bits per heavy atom. The van der Waals surface area contributed by atoms with Gasteiger partial charge in [0.2, 0.25) is 0 Å². The lowest BCUT2D eigenvalue weighted by Crippen LogP contribution is -3.00. The average molecular weight is 279 g/mol. The molecule has 1 rings (SSSR count). The molecule has 0 aliphatic carbocycles. The van der Waals surface area contributed by atoms with E-state index in [1.807, 2.05) is 0 Å². The topological polar surface area (TPSA) is 3.88 Å². The van der Waals surface area contributed by atoms with E-state index in [1.54, 1.807) is 0 Å². The highest BCUT2D eigenvalue weighted by Crippen LogP contribution is 1.93. The van der Waals surface area contributed by atoms with Gasteiger partial charge in [0.05, 0.1) is 0 Å². The van der Waals surface area contributed by atoms with Gasteiger partial charge in [-0.05, 0) is 31.8 Å². The van der Waals surface area contributed by atoms with Crippen LogP contribution in [-0.2, 0) is 0 Å². The van der Waals surface area contributed by atoms with E-state index in [1.165, 1.54) is 0 Å². The lowest BCUT2D eigenvalue weighted by atomic mass is 10.5. The Hall–Kier alpha value is 0.0969. The maximum Gasteiger partial charge on any atom is 0.354 e. The highest BCUT2D eigenvalue weighted by atomic mass is 127. The molecule has 0 unspecified atom stereocenters. The summed E-state index contributed by atoms with van der Waals surface area (Å²) in [6.07, 6.45) is 4.29. The Kier molecular flexibility index (Phi) is 4.24. The molecule has 0 aliphatic heterocycles. The van der Waals surface area contributed by atoms with Crippen LogP contribution in [0, 0.1) is 0 Å². The number of hydrogen-bond donors (Lipinski definition) is 0. The Bertz CT molecular complexity index is 205. The van der Waals surface area contributed by atoms with Crippen molar-refractivity contribution in [2.45, 2.75) is 19.6 Å². The van der Waals surface area contributed by atoms with E-state index in [0.29, 0.717) is 0 Å². The summed E-state index contributed by atoms with van der Waals surface area (Å²) in [5, 5.41) is 0. The van der Waals surface area contributed by atoms with Crippen molar-refractivity contribution in [2.24, 2.45) is 0 Å². The van der Waals surface area contributed by atoms with Crippen molar-refractivity contribution in [1.29, 1.82) is 0 Å². The summed E-state index contributed by atoms with van der Waals surface area (Å²) >= 11 is 0. The van der Waals surface area contributed by atoms with E-state index in [2.05, 4.69) is 54.5 Å². The van der Waals surface area contributed by atoms with Crippen LogP contribution in [0.1, 0.15) is 0 Å². The molecule has 0 saturated heterocycles. The number of hydrogen-bond acceptors (Lipinski definition) is 0. The van der Waals surface area contributed by atoms with Crippen molar-refractivity contribution < 1.29 is 28.2 Å². The Morgan fingerprint density at radius 1 is 0.909 bits per heavy atom. The summed E-state index contributed by atoms with van der Waals surface area (Å²) in [6, 6.07) is 6.22. The van der Waals surface area contributed by atoms with Crippen molar-refractivity contribution in [3.05, 3.63) is 30.6 Å². The second-order valence-corrected chi connectivity index (χ2v) is 8.31. The maximum atomic E-state index is 2.33. The fraction of sp³-hybridized carbons (Fsp3) is 0.375. The minimum absolute atomic E-state index is 0. The third-order valence-corrected chi connectivity index (χ3v) is 3.34. The summed E-state index contributed by atoms with van der Waals surface area (Å²) in [6.45, 7) is 6.98. The van der Waals surface area contributed by atoms with Crippen LogP contribution in [0.5, 0.6) is 0 Å². The lowest BCUT2D eigenvalue weighted by molar-refractivity contribution is -0.545. The molecular weight excluding hydrogens is 265 g/mol. The number of aromatic nitrogens is 1. The number of halogens is 1. The van der Waals surface area contributed by atoms with Gasteiger partial charge in [-0.25, -0.2) is 0 Å². The van der Waals surface area contributed by atoms with E-state index in [0.717, 1.165) is 0 Å². The molecule has 0 aromatic carbocycles. The summed E-state index contributed by atoms with van der Waals surface area (Å²) < 4.78 is 2.33. The molecular formula is C8H14INSi. The SMILES string of the molecule is C[Si](C)(C)[n+]1ccccc1.[I-]. The fourth-order valence-corrected chi connectivity index (χ4v) is 1.91. The van der Waals surface area contributed by atoms with Gasteiger partial charge in [-0.3, -0.25) is 4.23 Å². The van der Waals surface area contributed by atoms with Crippen molar-refractivity contribution in [1.82, 2.24) is 0 Å². The smallest absolute Gasteiger partial charge is 0.354 e. The summed E-state index contributed by atoms with van der Waals surface area (Å²) in [7, 11) is -1.12. The quantitative estimate of drug-likeness (QED) is 0.443. The first kappa shape index (κ1) is 11.1. The summed E-state index contributed by atoms with van der Waals surface area (Å²) in [5.74, 6) is 0. The van der Waals surface area contributed by atoms with Crippen molar-refractivity contribution in [3.8, 4) is 0 Å². The molecule has 1 aromatic heterocycles. The molecule has 11 heavy (non-hydrogen) atoms. The van der Waals surface area contributed by atoms with Gasteiger partial charge in [0.15, 0.2) is 0 Å². The fourth-order valence-electron chi connectivity index (χ4n) is 0.846. The maximum absolute atomic E-state index is 2.33. The predicted molar refractivity (Wildman–Crippen MR) is 45.4 cm³/mol. The number of nitrogens with zero attached hydrogens (tertiary/aromatic N) is 1. The third kappa shape index (κ3) is 3.33. The van der Waals surface area contributed by atoms with Gasteiger partial charge < -0.3 is 24.0 Å². The molecule has 1 nitrogen and oxygen atoms in total. The van der Waals surface area contributed by atoms with Crippen LogP contribution >= 0.6 is 0 Å². The standard InChI is InChI=1S/C8H14NSi.HI/c1-10(2,3)9-7-5-4-6-8-9;/h4-8H,1-3H3;1H/q+1;/p-1. The van der Waals surface area contributed by atoms with E-state index < -0.39 is 8.24 Å². The van der Waals surface area contributed by atoms with E-state index in [-0.39, 0.29) is 24.0 Å². The largest absolute Gasteiger partial charge is 1.00 e. The first-order chi connectivity index (χ1) is 4.61. The molecule has 0 amide bonds. The predicted octanol–water partition coefficient (Wildman–Crippen LogP) is -1.34. The van der Waals surface area contributed by atoms with E-state index >= 15 is 0 Å². The Labute approximate surface area is 86.6 Å². The number of rotatable bonds is 1. The van der Waals surface area contributed by atoms with Crippen LogP contribution < -0.4 is 28.2 Å². The van der Waals surface area contributed by atoms with Crippen molar-refractivity contribution >= 4 is 8.24 Å². The van der Waals surface area contributed by atoms with Crippen LogP contribution in [0.15, 0.2) is 30.6 Å². The van der Waals surface area contributed by atoms with Gasteiger partial charge in [0, 0.05) is 0 Å². The van der Waals surface area contributed by atoms with Gasteiger partial charge in [0.1, 0.15) is 12.4 Å². The van der Waals surface area contributed by atoms with Crippen LogP contribution in [-0.4, -0.2) is 8.24 Å². The van der Waals surface area contributed by atoms with Crippen LogP contribution in [0.25, 0.3) is 0 Å². The van der Waals surface area contributed by atoms with E-state index in [9.17, 15) is 0 Å². The zero-order valence-electron chi connectivity index (χ0n) is 7.21. The second-order valence-electron chi connectivity index (χ2n) is 3.45. The molecule has 0 spiro atoms.